The third-order valence-electron chi connectivity index (χ3n) is 14.7. The summed E-state index contributed by atoms with van der Waals surface area (Å²) in [5.41, 5.74) is 0.927. The Hall–Kier alpha value is -0.280. The minimum atomic E-state index is -1.39. The maximum atomic E-state index is 10.5. The SMILES string of the molecule is C[C@@H]1CC[C@]2(C[C@H]3C[C@H]4[C@@H]5CC[C@H]6C[C@@H](O[C@H]7O[C@H](CO)[C@@H](O)[C@H](O)[C@H]7O)CC[C@]6(C)[C@H]5CC[C@]4(C)[C@H]3[C@@H]2C)OC1. The second-order valence-electron chi connectivity index (χ2n) is 16.5. The zero-order valence-electron chi connectivity index (χ0n) is 25.8. The van der Waals surface area contributed by atoms with Crippen molar-refractivity contribution >= 4 is 0 Å². The van der Waals surface area contributed by atoms with E-state index in [-0.39, 0.29) is 11.7 Å². The molecule has 0 amide bonds. The second kappa shape index (κ2) is 10.4. The Morgan fingerprint density at radius 2 is 1.61 bits per heavy atom. The van der Waals surface area contributed by atoms with Crippen LogP contribution in [0.25, 0.3) is 0 Å². The largest absolute Gasteiger partial charge is 0.394 e. The third kappa shape index (κ3) is 4.37. The highest BCUT2D eigenvalue weighted by molar-refractivity contribution is 5.17. The highest BCUT2D eigenvalue weighted by Gasteiger charge is 2.68. The summed E-state index contributed by atoms with van der Waals surface area (Å²) in [4.78, 5) is 0. The fourth-order valence-corrected chi connectivity index (χ4v) is 12.5. The number of hydrogen-bond donors (Lipinski definition) is 4. The van der Waals surface area contributed by atoms with Crippen LogP contribution in [0.1, 0.15) is 98.3 Å². The molecule has 17 atom stereocenters. The molecule has 5 saturated carbocycles. The van der Waals surface area contributed by atoms with Gasteiger partial charge in [-0.05, 0) is 129 Å². The smallest absolute Gasteiger partial charge is 0.186 e. The summed E-state index contributed by atoms with van der Waals surface area (Å²) in [6, 6.07) is 0. The summed E-state index contributed by atoms with van der Waals surface area (Å²) < 4.78 is 18.7. The van der Waals surface area contributed by atoms with Crippen LogP contribution in [0.4, 0.5) is 0 Å². The van der Waals surface area contributed by atoms with E-state index < -0.39 is 37.3 Å². The Morgan fingerprint density at radius 1 is 0.829 bits per heavy atom. The van der Waals surface area contributed by atoms with E-state index in [4.69, 9.17) is 14.2 Å². The van der Waals surface area contributed by atoms with Crippen molar-refractivity contribution in [1.29, 1.82) is 0 Å². The van der Waals surface area contributed by atoms with E-state index in [1.165, 1.54) is 51.4 Å². The molecule has 5 aliphatic carbocycles. The summed E-state index contributed by atoms with van der Waals surface area (Å²) in [6.07, 6.45) is 7.56. The van der Waals surface area contributed by atoms with Crippen LogP contribution in [-0.2, 0) is 14.2 Å². The van der Waals surface area contributed by atoms with E-state index >= 15 is 0 Å². The van der Waals surface area contributed by atoms with Gasteiger partial charge in [-0.15, -0.1) is 0 Å². The molecule has 1 spiro atoms. The van der Waals surface area contributed by atoms with Gasteiger partial charge in [-0.1, -0.05) is 27.7 Å². The maximum absolute atomic E-state index is 10.5. The van der Waals surface area contributed by atoms with Crippen molar-refractivity contribution in [1.82, 2.24) is 0 Å². The maximum Gasteiger partial charge on any atom is 0.186 e. The van der Waals surface area contributed by atoms with Crippen LogP contribution >= 0.6 is 0 Å². The van der Waals surface area contributed by atoms with E-state index in [1.807, 2.05) is 0 Å². The van der Waals surface area contributed by atoms with E-state index in [9.17, 15) is 20.4 Å². The van der Waals surface area contributed by atoms with E-state index in [0.29, 0.717) is 28.6 Å². The Balaban J connectivity index is 1.03. The molecule has 0 bridgehead atoms. The Labute approximate surface area is 246 Å². The van der Waals surface area contributed by atoms with Crippen LogP contribution in [-0.4, -0.2) is 76.1 Å². The minimum Gasteiger partial charge on any atom is -0.394 e. The topological polar surface area (TPSA) is 109 Å². The number of ether oxygens (including phenoxy) is 3. The van der Waals surface area contributed by atoms with Gasteiger partial charge < -0.3 is 34.6 Å². The van der Waals surface area contributed by atoms with Gasteiger partial charge in [0.2, 0.25) is 0 Å². The molecule has 2 aliphatic heterocycles. The molecule has 7 rings (SSSR count). The molecule has 7 nitrogen and oxygen atoms in total. The lowest BCUT2D eigenvalue weighted by Crippen LogP contribution is -2.60. The van der Waals surface area contributed by atoms with E-state index in [1.54, 1.807) is 0 Å². The number of hydrogen-bond acceptors (Lipinski definition) is 7. The number of aliphatic hydroxyl groups is 4. The summed E-state index contributed by atoms with van der Waals surface area (Å²) in [7, 11) is 0. The van der Waals surface area contributed by atoms with Gasteiger partial charge in [0, 0.05) is 6.61 Å². The van der Waals surface area contributed by atoms with Gasteiger partial charge >= 0.3 is 0 Å². The highest BCUT2D eigenvalue weighted by atomic mass is 16.7. The average molecular weight is 577 g/mol. The predicted octanol–water partition coefficient (Wildman–Crippen LogP) is 4.28. The molecule has 7 fully saturated rings. The highest BCUT2D eigenvalue weighted by Crippen LogP contribution is 2.73. The van der Waals surface area contributed by atoms with Crippen molar-refractivity contribution < 1.29 is 34.6 Å². The Bertz CT molecular complexity index is 965. The lowest BCUT2D eigenvalue weighted by molar-refractivity contribution is -0.316. The van der Waals surface area contributed by atoms with Gasteiger partial charge in [-0.2, -0.15) is 0 Å². The zero-order valence-corrected chi connectivity index (χ0v) is 25.8. The fourth-order valence-electron chi connectivity index (χ4n) is 12.5. The quantitative estimate of drug-likeness (QED) is 0.372. The first-order chi connectivity index (χ1) is 19.5. The molecule has 0 aromatic rings. The van der Waals surface area contributed by atoms with Gasteiger partial charge in [-0.3, -0.25) is 0 Å². The van der Waals surface area contributed by atoms with Crippen molar-refractivity contribution in [2.24, 2.45) is 58.2 Å². The lowest BCUT2D eigenvalue weighted by atomic mass is 9.44. The zero-order chi connectivity index (χ0) is 28.9. The molecule has 0 unspecified atom stereocenters. The Morgan fingerprint density at radius 3 is 2.34 bits per heavy atom. The summed E-state index contributed by atoms with van der Waals surface area (Å²) >= 11 is 0. The average Bonchev–Trinajstić information content (AvgIpc) is 3.40. The van der Waals surface area contributed by atoms with Gasteiger partial charge in [0.25, 0.3) is 0 Å². The molecule has 0 aromatic carbocycles. The van der Waals surface area contributed by atoms with Gasteiger partial charge in [0.05, 0.1) is 18.3 Å². The molecule has 0 aromatic heterocycles. The molecule has 234 valence electrons. The van der Waals surface area contributed by atoms with Crippen LogP contribution < -0.4 is 0 Å². The first kappa shape index (κ1) is 29.4. The molecular weight excluding hydrogens is 520 g/mol. The van der Waals surface area contributed by atoms with Crippen LogP contribution in [0.3, 0.4) is 0 Å². The molecule has 0 radical (unpaired) electrons. The summed E-state index contributed by atoms with van der Waals surface area (Å²) in [6.45, 7) is 10.7. The molecular formula is C34H56O7. The monoisotopic (exact) mass is 576 g/mol. The van der Waals surface area contributed by atoms with E-state index in [0.717, 1.165) is 55.5 Å². The van der Waals surface area contributed by atoms with Crippen molar-refractivity contribution in [2.45, 2.75) is 141 Å². The van der Waals surface area contributed by atoms with Crippen molar-refractivity contribution in [2.75, 3.05) is 13.2 Å². The lowest BCUT2D eigenvalue weighted by Gasteiger charge is -2.61. The van der Waals surface area contributed by atoms with Gasteiger partial charge in [0.1, 0.15) is 24.4 Å². The summed E-state index contributed by atoms with van der Waals surface area (Å²) in [5.74, 6) is 6.09. The number of fused-ring (bicyclic) bond motifs is 7. The van der Waals surface area contributed by atoms with Gasteiger partial charge in [0.15, 0.2) is 6.29 Å². The second-order valence-corrected chi connectivity index (χ2v) is 16.5. The molecule has 2 saturated heterocycles. The van der Waals surface area contributed by atoms with E-state index in [2.05, 4.69) is 27.7 Å². The normalized spacial score (nSPS) is 60.3. The molecule has 2 heterocycles. The van der Waals surface area contributed by atoms with Crippen molar-refractivity contribution in [3.63, 3.8) is 0 Å². The van der Waals surface area contributed by atoms with Crippen LogP contribution in [0.15, 0.2) is 0 Å². The first-order valence-corrected chi connectivity index (χ1v) is 17.1. The van der Waals surface area contributed by atoms with Crippen LogP contribution in [0.2, 0.25) is 0 Å². The molecule has 4 N–H and O–H groups in total. The molecule has 41 heavy (non-hydrogen) atoms. The molecule has 7 aliphatic rings. The van der Waals surface area contributed by atoms with Crippen molar-refractivity contribution in [3.8, 4) is 0 Å². The van der Waals surface area contributed by atoms with Crippen molar-refractivity contribution in [3.05, 3.63) is 0 Å². The number of aliphatic hydroxyl groups excluding tert-OH is 4. The van der Waals surface area contributed by atoms with Gasteiger partial charge in [-0.25, -0.2) is 0 Å². The standard InChI is InChI=1S/C34H56O7/c1-18-7-12-34(39-17-18)15-20-13-25-23-6-5-21-14-22(40-31-30(38)29(37)28(36)26(16-35)41-31)8-10-32(21,3)24(23)9-11-33(25,4)27(20)19(34)2/h18-31,35-38H,5-17H2,1-4H3/t18-,19+,20-,21+,22+,23-,24+,25+,26-,27+,28-,29+,30-,31+,32+,33+,34-/m1/s1. The predicted molar refractivity (Wildman–Crippen MR) is 154 cm³/mol. The van der Waals surface area contributed by atoms with Crippen LogP contribution in [0.5, 0.6) is 0 Å². The number of rotatable bonds is 3. The molecule has 7 heteroatoms. The summed E-state index contributed by atoms with van der Waals surface area (Å²) in [5, 5.41) is 40.5. The van der Waals surface area contributed by atoms with Crippen LogP contribution in [0, 0.1) is 58.2 Å². The fraction of sp³-hybridized carbons (Fsp3) is 1.00. The first-order valence-electron chi connectivity index (χ1n) is 17.1. The minimum absolute atomic E-state index is 0.0407. The third-order valence-corrected chi connectivity index (χ3v) is 14.7. The Kier molecular flexibility index (Phi) is 7.46.